The van der Waals surface area contributed by atoms with Gasteiger partial charge in [-0.25, -0.2) is 0 Å². The summed E-state index contributed by atoms with van der Waals surface area (Å²) in [5.41, 5.74) is 3.30. The number of nitrogens with zero attached hydrogens (tertiary/aromatic N) is 2. The van der Waals surface area contributed by atoms with Gasteiger partial charge in [0.1, 0.15) is 17.6 Å². The van der Waals surface area contributed by atoms with Crippen molar-refractivity contribution in [2.75, 3.05) is 11.9 Å². The normalized spacial score (nSPS) is 18.2. The number of benzene rings is 1. The van der Waals surface area contributed by atoms with Crippen LogP contribution in [0.3, 0.4) is 0 Å². The minimum Gasteiger partial charge on any atom is -0.325 e. The van der Waals surface area contributed by atoms with Crippen LogP contribution in [0, 0.1) is 17.2 Å². The highest BCUT2D eigenvalue weighted by Gasteiger charge is 2.29. The molecule has 0 radical (unpaired) electrons. The molecule has 1 aliphatic carbocycles. The summed E-state index contributed by atoms with van der Waals surface area (Å²) in [4.78, 5) is 27.7. The van der Waals surface area contributed by atoms with Gasteiger partial charge in [-0.05, 0) is 42.4 Å². The molecule has 1 unspecified atom stereocenters. The van der Waals surface area contributed by atoms with Crippen molar-refractivity contribution in [3.63, 3.8) is 0 Å². The van der Waals surface area contributed by atoms with Crippen LogP contribution in [0.4, 0.5) is 5.00 Å². The van der Waals surface area contributed by atoms with Crippen molar-refractivity contribution in [1.29, 1.82) is 5.26 Å². The Morgan fingerprint density at radius 2 is 2.23 bits per heavy atom. The minimum atomic E-state index is -0.255. The van der Waals surface area contributed by atoms with Crippen LogP contribution in [0.15, 0.2) is 24.3 Å². The number of amides is 2. The SMILES string of the molecule is CC1CCc2c(sc(NC(=O)CN3Cc4ccccc4C3=O)c2C#N)C1. The van der Waals surface area contributed by atoms with E-state index in [9.17, 15) is 14.9 Å². The van der Waals surface area contributed by atoms with Crippen molar-refractivity contribution in [3.8, 4) is 6.07 Å². The minimum absolute atomic E-state index is 0.00263. The molecule has 2 aromatic rings. The van der Waals surface area contributed by atoms with Crippen LogP contribution in [0.1, 0.15) is 45.3 Å². The third-order valence-corrected chi connectivity index (χ3v) is 6.28. The van der Waals surface area contributed by atoms with Crippen LogP contribution in [-0.2, 0) is 24.2 Å². The number of nitriles is 1. The molecule has 0 spiro atoms. The molecule has 2 heterocycles. The Bertz CT molecular complexity index is 941. The monoisotopic (exact) mass is 365 g/mol. The van der Waals surface area contributed by atoms with Crippen molar-refractivity contribution in [2.45, 2.75) is 32.7 Å². The first-order chi connectivity index (χ1) is 12.6. The molecule has 5 nitrogen and oxygen atoms in total. The van der Waals surface area contributed by atoms with Gasteiger partial charge in [0, 0.05) is 17.0 Å². The number of thiophene rings is 1. The van der Waals surface area contributed by atoms with Gasteiger partial charge in [0.15, 0.2) is 0 Å². The van der Waals surface area contributed by atoms with Crippen molar-refractivity contribution in [1.82, 2.24) is 4.90 Å². The molecule has 0 fully saturated rings. The fraction of sp³-hybridized carbons (Fsp3) is 0.350. The summed E-state index contributed by atoms with van der Waals surface area (Å²) >= 11 is 1.51. The van der Waals surface area contributed by atoms with Crippen molar-refractivity contribution < 1.29 is 9.59 Å². The molecule has 0 saturated carbocycles. The van der Waals surface area contributed by atoms with E-state index in [4.69, 9.17) is 0 Å². The van der Waals surface area contributed by atoms with Gasteiger partial charge in [-0.1, -0.05) is 25.1 Å². The topological polar surface area (TPSA) is 73.2 Å². The Labute approximate surface area is 156 Å². The fourth-order valence-corrected chi connectivity index (χ4v) is 5.12. The van der Waals surface area contributed by atoms with E-state index in [-0.39, 0.29) is 18.4 Å². The molecule has 2 aliphatic rings. The zero-order valence-corrected chi connectivity index (χ0v) is 15.4. The first-order valence-corrected chi connectivity index (χ1v) is 9.60. The Morgan fingerprint density at radius 3 is 3.00 bits per heavy atom. The lowest BCUT2D eigenvalue weighted by molar-refractivity contribution is -0.116. The lowest BCUT2D eigenvalue weighted by atomic mass is 9.89. The van der Waals surface area contributed by atoms with E-state index in [1.54, 1.807) is 11.0 Å². The summed E-state index contributed by atoms with van der Waals surface area (Å²) in [6.07, 6.45) is 2.93. The van der Waals surface area contributed by atoms with E-state index < -0.39 is 0 Å². The maximum atomic E-state index is 12.5. The van der Waals surface area contributed by atoms with E-state index in [1.807, 2.05) is 18.2 Å². The second kappa shape index (κ2) is 6.58. The summed E-state index contributed by atoms with van der Waals surface area (Å²) in [5.74, 6) is 0.238. The van der Waals surface area contributed by atoms with Crippen LogP contribution < -0.4 is 5.32 Å². The Balaban J connectivity index is 1.48. The standard InChI is InChI=1S/C20H19N3O2S/c1-12-6-7-15-16(9-21)19(26-17(15)8-12)22-18(24)11-23-10-13-4-2-3-5-14(13)20(23)25/h2-5,12H,6-8,10-11H2,1H3,(H,22,24). The van der Waals surface area contributed by atoms with E-state index in [0.717, 1.165) is 30.4 Å². The number of nitrogens with one attached hydrogen (secondary N) is 1. The smallest absolute Gasteiger partial charge is 0.254 e. The molecule has 0 bridgehead atoms. The first kappa shape index (κ1) is 16.8. The van der Waals surface area contributed by atoms with Gasteiger partial charge in [0.05, 0.1) is 5.56 Å². The van der Waals surface area contributed by atoms with Gasteiger partial charge in [0.2, 0.25) is 5.91 Å². The number of hydrogen-bond acceptors (Lipinski definition) is 4. The molecule has 1 aliphatic heterocycles. The second-order valence-corrected chi connectivity index (χ2v) is 8.14. The second-order valence-electron chi connectivity index (χ2n) is 7.03. The van der Waals surface area contributed by atoms with Gasteiger partial charge in [-0.3, -0.25) is 9.59 Å². The number of fused-ring (bicyclic) bond motifs is 2. The van der Waals surface area contributed by atoms with Crippen LogP contribution in [0.2, 0.25) is 0 Å². The van der Waals surface area contributed by atoms with Gasteiger partial charge >= 0.3 is 0 Å². The van der Waals surface area contributed by atoms with Crippen LogP contribution in [0.5, 0.6) is 0 Å². The molecule has 1 aromatic carbocycles. The number of carbonyl (C=O) groups excluding carboxylic acids is 2. The third kappa shape index (κ3) is 2.89. The van der Waals surface area contributed by atoms with Crippen molar-refractivity contribution >= 4 is 28.2 Å². The zero-order chi connectivity index (χ0) is 18.3. The highest BCUT2D eigenvalue weighted by Crippen LogP contribution is 2.39. The maximum Gasteiger partial charge on any atom is 0.254 e. The highest BCUT2D eigenvalue weighted by atomic mass is 32.1. The number of anilines is 1. The predicted octanol–water partition coefficient (Wildman–Crippen LogP) is 3.34. The van der Waals surface area contributed by atoms with Gasteiger partial charge in [-0.2, -0.15) is 5.26 Å². The van der Waals surface area contributed by atoms with Gasteiger partial charge in [-0.15, -0.1) is 11.3 Å². The fourth-order valence-electron chi connectivity index (χ4n) is 3.74. The quantitative estimate of drug-likeness (QED) is 0.907. The summed E-state index contributed by atoms with van der Waals surface area (Å²) in [5, 5.41) is 13.0. The lowest BCUT2D eigenvalue weighted by Gasteiger charge is -2.17. The highest BCUT2D eigenvalue weighted by molar-refractivity contribution is 7.16. The first-order valence-electron chi connectivity index (χ1n) is 8.78. The Hall–Kier alpha value is -2.65. The number of hydrogen-bond donors (Lipinski definition) is 1. The Morgan fingerprint density at radius 1 is 1.42 bits per heavy atom. The van der Waals surface area contributed by atoms with E-state index in [1.165, 1.54) is 16.2 Å². The lowest BCUT2D eigenvalue weighted by Crippen LogP contribution is -2.33. The molecule has 1 N–H and O–H groups in total. The molecule has 1 aromatic heterocycles. The molecular weight excluding hydrogens is 346 g/mol. The average molecular weight is 365 g/mol. The van der Waals surface area contributed by atoms with E-state index in [2.05, 4.69) is 18.3 Å². The molecule has 132 valence electrons. The van der Waals surface area contributed by atoms with Gasteiger partial charge < -0.3 is 10.2 Å². The predicted molar refractivity (Wildman–Crippen MR) is 100 cm³/mol. The molecule has 26 heavy (non-hydrogen) atoms. The maximum absolute atomic E-state index is 12.5. The number of rotatable bonds is 3. The molecule has 1 atom stereocenters. The van der Waals surface area contributed by atoms with Crippen LogP contribution in [-0.4, -0.2) is 23.3 Å². The van der Waals surface area contributed by atoms with Crippen molar-refractivity contribution in [2.24, 2.45) is 5.92 Å². The van der Waals surface area contributed by atoms with E-state index in [0.29, 0.717) is 28.6 Å². The third-order valence-electron chi connectivity index (χ3n) is 5.11. The van der Waals surface area contributed by atoms with Crippen LogP contribution >= 0.6 is 11.3 Å². The number of carbonyl (C=O) groups is 2. The molecule has 2 amide bonds. The average Bonchev–Trinajstić information content (AvgIpc) is 3.12. The summed E-state index contributed by atoms with van der Waals surface area (Å²) in [7, 11) is 0. The molecular formula is C20H19N3O2S. The van der Waals surface area contributed by atoms with Crippen molar-refractivity contribution in [3.05, 3.63) is 51.4 Å². The van der Waals surface area contributed by atoms with E-state index >= 15 is 0 Å². The Kier molecular flexibility index (Phi) is 4.25. The van der Waals surface area contributed by atoms with Crippen LogP contribution in [0.25, 0.3) is 0 Å². The largest absolute Gasteiger partial charge is 0.325 e. The summed E-state index contributed by atoms with van der Waals surface area (Å²) in [6.45, 7) is 2.66. The van der Waals surface area contributed by atoms with Gasteiger partial charge in [0.25, 0.3) is 5.91 Å². The molecule has 6 heteroatoms. The summed E-state index contributed by atoms with van der Waals surface area (Å²) in [6, 6.07) is 9.68. The molecule has 0 saturated heterocycles. The molecule has 4 rings (SSSR count). The summed E-state index contributed by atoms with van der Waals surface area (Å²) < 4.78 is 0. The zero-order valence-electron chi connectivity index (χ0n) is 14.5.